The van der Waals surface area contributed by atoms with Gasteiger partial charge < -0.3 is 10.6 Å². The average molecular weight is 421 g/mol. The molecule has 7 nitrogen and oxygen atoms in total. The Balaban J connectivity index is 1.59. The van der Waals surface area contributed by atoms with Gasteiger partial charge in [0.2, 0.25) is 11.8 Å². The third-order valence-corrected chi connectivity index (χ3v) is 7.87. The number of nitrogens with one attached hydrogen (secondary N) is 3. The minimum atomic E-state index is -3.17. The van der Waals surface area contributed by atoms with Crippen LogP contribution in [0.2, 0.25) is 0 Å². The van der Waals surface area contributed by atoms with Crippen LogP contribution >= 0.6 is 0 Å². The van der Waals surface area contributed by atoms with Gasteiger partial charge in [-0.15, -0.1) is 0 Å². The minimum Gasteiger partial charge on any atom is -0.356 e. The molecule has 8 heteroatoms. The topological polar surface area (TPSA) is 102 Å². The van der Waals surface area contributed by atoms with E-state index in [1.807, 2.05) is 0 Å². The molecule has 2 unspecified atom stereocenters. The fourth-order valence-electron chi connectivity index (χ4n) is 4.25. The van der Waals surface area contributed by atoms with Crippen molar-refractivity contribution in [2.45, 2.75) is 56.8 Å². The molecule has 0 radical (unpaired) electrons. The van der Waals surface area contributed by atoms with Crippen molar-refractivity contribution in [1.82, 2.24) is 9.62 Å². The monoisotopic (exact) mass is 420 g/mol. The van der Waals surface area contributed by atoms with Crippen LogP contribution in [0, 0.1) is 16.6 Å². The summed E-state index contributed by atoms with van der Waals surface area (Å²) in [5.74, 6) is 0.200. The van der Waals surface area contributed by atoms with Crippen LogP contribution in [0.1, 0.15) is 51.9 Å². The zero-order valence-electron chi connectivity index (χ0n) is 17.1. The molecule has 1 aliphatic carbocycles. The normalized spacial score (nSPS) is 23.1. The van der Waals surface area contributed by atoms with E-state index >= 15 is 0 Å². The Bertz CT molecular complexity index is 817. The zero-order valence-corrected chi connectivity index (χ0v) is 17.9. The van der Waals surface area contributed by atoms with E-state index < -0.39 is 9.92 Å². The molecule has 2 atom stereocenters. The Kier molecular flexibility index (Phi) is 7.29. The van der Waals surface area contributed by atoms with Gasteiger partial charge in [0.05, 0.1) is 10.8 Å². The fourth-order valence-corrected chi connectivity index (χ4v) is 5.82. The molecule has 2 fully saturated rings. The van der Waals surface area contributed by atoms with Gasteiger partial charge in [-0.1, -0.05) is 19.3 Å². The van der Waals surface area contributed by atoms with Crippen molar-refractivity contribution in [1.29, 1.82) is 4.78 Å². The molecule has 0 spiro atoms. The number of anilines is 1. The van der Waals surface area contributed by atoms with Crippen molar-refractivity contribution in [3.05, 3.63) is 24.3 Å². The molecule has 3 N–H and O–H groups in total. The van der Waals surface area contributed by atoms with Gasteiger partial charge in [-0.25, -0.2) is 13.3 Å². The predicted octanol–water partition coefficient (Wildman–Crippen LogP) is 3.37. The summed E-state index contributed by atoms with van der Waals surface area (Å²) >= 11 is 0. The lowest BCUT2D eigenvalue weighted by atomic mass is 9.89. The van der Waals surface area contributed by atoms with E-state index in [1.54, 1.807) is 28.6 Å². The molecular weight excluding hydrogens is 388 g/mol. The highest BCUT2D eigenvalue weighted by atomic mass is 32.2. The number of carbonyl (C=O) groups is 2. The van der Waals surface area contributed by atoms with E-state index in [4.69, 9.17) is 4.78 Å². The van der Waals surface area contributed by atoms with Crippen LogP contribution in [-0.2, 0) is 19.5 Å². The Labute approximate surface area is 173 Å². The second kappa shape index (κ2) is 9.71. The molecule has 0 bridgehead atoms. The van der Waals surface area contributed by atoms with Crippen LogP contribution in [0.15, 0.2) is 29.2 Å². The SMILES string of the molecule is CC(=O)Nc1ccc(S(=N)(=O)N2CCCC(C(=O)NCC3CCCCC3)C2)cc1. The second-order valence-corrected chi connectivity index (χ2v) is 10.2. The van der Waals surface area contributed by atoms with Crippen molar-refractivity contribution in [3.63, 3.8) is 0 Å². The Morgan fingerprint density at radius 2 is 1.79 bits per heavy atom. The van der Waals surface area contributed by atoms with Gasteiger partial charge in [-0.05, 0) is 55.9 Å². The van der Waals surface area contributed by atoms with Crippen LogP contribution in [0.4, 0.5) is 5.69 Å². The quantitative estimate of drug-likeness (QED) is 0.657. The third kappa shape index (κ3) is 5.79. The number of nitrogens with zero attached hydrogens (tertiary/aromatic N) is 1. The lowest BCUT2D eigenvalue weighted by Crippen LogP contribution is -2.45. The molecule has 1 saturated heterocycles. The number of benzene rings is 1. The van der Waals surface area contributed by atoms with E-state index in [-0.39, 0.29) is 17.7 Å². The van der Waals surface area contributed by atoms with Crippen LogP contribution < -0.4 is 10.6 Å². The smallest absolute Gasteiger partial charge is 0.224 e. The van der Waals surface area contributed by atoms with Crippen molar-refractivity contribution in [2.24, 2.45) is 11.8 Å². The summed E-state index contributed by atoms with van der Waals surface area (Å²) in [6, 6.07) is 6.55. The number of hydrogen-bond acceptors (Lipinski definition) is 4. The summed E-state index contributed by atoms with van der Waals surface area (Å²) in [6.07, 6.45) is 7.69. The Hall–Kier alpha value is -1.93. The lowest BCUT2D eigenvalue weighted by molar-refractivity contribution is -0.126. The van der Waals surface area contributed by atoms with Crippen LogP contribution in [-0.4, -0.2) is 40.0 Å². The maximum atomic E-state index is 13.2. The van der Waals surface area contributed by atoms with E-state index in [1.165, 1.54) is 39.0 Å². The van der Waals surface area contributed by atoms with Crippen molar-refractivity contribution in [2.75, 3.05) is 25.0 Å². The summed E-state index contributed by atoms with van der Waals surface area (Å²) in [5, 5.41) is 5.77. The van der Waals surface area contributed by atoms with Gasteiger partial charge in [0, 0.05) is 32.2 Å². The van der Waals surface area contributed by atoms with Gasteiger partial charge >= 0.3 is 0 Å². The van der Waals surface area contributed by atoms with Crippen LogP contribution in [0.5, 0.6) is 0 Å². The first-order valence-corrected chi connectivity index (χ1v) is 12.1. The molecule has 1 heterocycles. The van der Waals surface area contributed by atoms with Crippen molar-refractivity contribution < 1.29 is 13.8 Å². The first-order valence-electron chi connectivity index (χ1n) is 10.6. The van der Waals surface area contributed by atoms with Crippen LogP contribution in [0.3, 0.4) is 0 Å². The van der Waals surface area contributed by atoms with Gasteiger partial charge in [0.25, 0.3) is 0 Å². The molecule has 2 aliphatic rings. The predicted molar refractivity (Wildman–Crippen MR) is 114 cm³/mol. The molecule has 1 aromatic rings. The van der Waals surface area contributed by atoms with Gasteiger partial charge in [-0.3, -0.25) is 9.59 Å². The minimum absolute atomic E-state index is 0.0245. The summed E-state index contributed by atoms with van der Waals surface area (Å²) in [4.78, 5) is 24.2. The summed E-state index contributed by atoms with van der Waals surface area (Å²) in [5.41, 5.74) is 0.607. The standard InChI is InChI=1S/C21H32N4O3S/c1-16(26)24-19-9-11-20(12-10-19)29(22,28)25-13-5-8-18(15-25)21(27)23-14-17-6-3-2-4-7-17/h9-12,17-18,22H,2-8,13-15H2,1H3,(H,23,27)(H,24,26). The number of piperidine rings is 1. The Morgan fingerprint density at radius 1 is 1.10 bits per heavy atom. The zero-order chi connectivity index (χ0) is 20.9. The molecule has 1 saturated carbocycles. The molecule has 2 amide bonds. The van der Waals surface area contributed by atoms with Crippen molar-refractivity contribution >= 4 is 27.4 Å². The maximum Gasteiger partial charge on any atom is 0.224 e. The van der Waals surface area contributed by atoms with E-state index in [2.05, 4.69) is 10.6 Å². The molecular formula is C21H32N4O3S. The summed E-state index contributed by atoms with van der Waals surface area (Å²) in [7, 11) is -3.17. The highest BCUT2D eigenvalue weighted by Crippen LogP contribution is 2.26. The molecule has 0 aromatic heterocycles. The van der Waals surface area contributed by atoms with Crippen LogP contribution in [0.25, 0.3) is 0 Å². The van der Waals surface area contributed by atoms with E-state index in [0.717, 1.165) is 19.4 Å². The first-order chi connectivity index (χ1) is 13.9. The molecule has 160 valence electrons. The Morgan fingerprint density at radius 3 is 2.45 bits per heavy atom. The van der Waals surface area contributed by atoms with Crippen molar-refractivity contribution in [3.8, 4) is 0 Å². The lowest BCUT2D eigenvalue weighted by Gasteiger charge is -2.33. The van der Waals surface area contributed by atoms with E-state index in [9.17, 15) is 13.8 Å². The summed E-state index contributed by atoms with van der Waals surface area (Å²) in [6.45, 7) is 3.04. The molecule has 3 rings (SSSR count). The number of carbonyl (C=O) groups excluding carboxylic acids is 2. The van der Waals surface area contributed by atoms with Gasteiger partial charge in [0.1, 0.15) is 9.92 Å². The second-order valence-electron chi connectivity index (χ2n) is 8.21. The van der Waals surface area contributed by atoms with Gasteiger partial charge in [0.15, 0.2) is 0 Å². The largest absolute Gasteiger partial charge is 0.356 e. The van der Waals surface area contributed by atoms with E-state index in [0.29, 0.717) is 29.6 Å². The fraction of sp³-hybridized carbons (Fsp3) is 0.619. The maximum absolute atomic E-state index is 13.2. The highest BCUT2D eigenvalue weighted by Gasteiger charge is 2.31. The van der Waals surface area contributed by atoms with Gasteiger partial charge in [-0.2, -0.15) is 0 Å². The molecule has 1 aliphatic heterocycles. The molecule has 1 aromatic carbocycles. The third-order valence-electron chi connectivity index (χ3n) is 5.90. The molecule has 29 heavy (non-hydrogen) atoms. The highest BCUT2D eigenvalue weighted by molar-refractivity contribution is 7.90. The number of hydrogen-bond donors (Lipinski definition) is 3. The first kappa shape index (κ1) is 21.8. The summed E-state index contributed by atoms with van der Waals surface area (Å²) < 4.78 is 23.4. The number of amides is 2. The number of rotatable bonds is 6. The average Bonchev–Trinajstić information content (AvgIpc) is 2.73.